The van der Waals surface area contributed by atoms with Crippen LogP contribution in [0.3, 0.4) is 0 Å². The Morgan fingerprint density at radius 3 is 2.64 bits per heavy atom. The molecule has 1 aromatic carbocycles. The van der Waals surface area contributed by atoms with E-state index < -0.39 is 17.2 Å². The van der Waals surface area contributed by atoms with Crippen molar-refractivity contribution in [1.82, 2.24) is 0 Å². The molecule has 1 unspecified atom stereocenters. The molecule has 0 amide bonds. The number of aryl methyl sites for hydroxylation is 1. The quantitative estimate of drug-likeness (QED) is 0.785. The molecular formula is C17H16O4S. The van der Waals surface area contributed by atoms with Gasteiger partial charge in [0.05, 0.1) is 19.8 Å². The number of rotatable bonds is 2. The van der Waals surface area contributed by atoms with Crippen LogP contribution in [0.5, 0.6) is 0 Å². The number of carbonyl (C=O) groups is 2. The predicted octanol–water partition coefficient (Wildman–Crippen LogP) is 2.73. The number of benzene rings is 1. The number of thioether (sulfide) groups is 1. The van der Waals surface area contributed by atoms with E-state index in [1.165, 1.54) is 31.5 Å². The van der Waals surface area contributed by atoms with Gasteiger partial charge in [0, 0.05) is 4.91 Å². The van der Waals surface area contributed by atoms with Crippen LogP contribution in [0.4, 0.5) is 0 Å². The van der Waals surface area contributed by atoms with Gasteiger partial charge < -0.3 is 9.47 Å². The van der Waals surface area contributed by atoms with Gasteiger partial charge in [0.25, 0.3) is 0 Å². The third-order valence-corrected chi connectivity index (χ3v) is 5.30. The highest BCUT2D eigenvalue weighted by molar-refractivity contribution is 8.09. The zero-order chi connectivity index (χ0) is 15.7. The van der Waals surface area contributed by atoms with E-state index in [0.717, 1.165) is 28.9 Å². The first kappa shape index (κ1) is 14.9. The van der Waals surface area contributed by atoms with Crippen LogP contribution < -0.4 is 0 Å². The average Bonchev–Trinajstić information content (AvgIpc) is 2.59. The molecule has 3 rings (SSSR count). The lowest BCUT2D eigenvalue weighted by atomic mass is 9.90. The van der Waals surface area contributed by atoms with E-state index in [2.05, 4.69) is 12.1 Å². The second kappa shape index (κ2) is 6.01. The Balaban J connectivity index is 2.09. The summed E-state index contributed by atoms with van der Waals surface area (Å²) >= 11 is 1.38. The van der Waals surface area contributed by atoms with Gasteiger partial charge in [0.2, 0.25) is 0 Å². The van der Waals surface area contributed by atoms with Crippen molar-refractivity contribution >= 4 is 28.6 Å². The van der Waals surface area contributed by atoms with Crippen LogP contribution in [0.15, 0.2) is 41.5 Å². The average molecular weight is 316 g/mol. The fourth-order valence-electron chi connectivity index (χ4n) is 2.80. The molecule has 1 aromatic rings. The molecule has 0 fully saturated rings. The van der Waals surface area contributed by atoms with Crippen molar-refractivity contribution in [3.05, 3.63) is 52.6 Å². The molecule has 1 atom stereocenters. The maximum Gasteiger partial charge on any atom is 0.335 e. The number of allylic oxidation sites excluding steroid dienone is 2. The zero-order valence-corrected chi connectivity index (χ0v) is 13.2. The van der Waals surface area contributed by atoms with Crippen LogP contribution in [0, 0.1) is 0 Å². The minimum atomic E-state index is -0.678. The number of hydrogen-bond acceptors (Lipinski definition) is 5. The molecule has 5 heteroatoms. The molecule has 0 spiro atoms. The molecule has 0 bridgehead atoms. The Morgan fingerprint density at radius 1 is 1.14 bits per heavy atom. The smallest absolute Gasteiger partial charge is 0.335 e. The number of fused-ring (bicyclic) bond motifs is 2. The van der Waals surface area contributed by atoms with Crippen molar-refractivity contribution in [2.24, 2.45) is 0 Å². The van der Waals surface area contributed by atoms with E-state index in [9.17, 15) is 9.59 Å². The Hall–Kier alpha value is -2.01. The number of ether oxygens (including phenoxy) is 2. The van der Waals surface area contributed by atoms with Gasteiger partial charge in [-0.1, -0.05) is 24.3 Å². The van der Waals surface area contributed by atoms with E-state index in [1.54, 1.807) is 6.08 Å². The first-order valence-corrected chi connectivity index (χ1v) is 7.89. The molecule has 0 saturated heterocycles. The van der Waals surface area contributed by atoms with Crippen LogP contribution in [0.2, 0.25) is 0 Å². The summed E-state index contributed by atoms with van der Waals surface area (Å²) in [6, 6.07) is 8.17. The summed E-state index contributed by atoms with van der Waals surface area (Å²) in [6.45, 7) is 0. The minimum Gasteiger partial charge on any atom is -0.468 e. The number of carbonyl (C=O) groups excluding carboxylic acids is 2. The van der Waals surface area contributed by atoms with E-state index in [1.807, 2.05) is 12.1 Å². The molecule has 2 aliphatic rings. The molecule has 1 heterocycles. The Kier molecular flexibility index (Phi) is 4.07. The van der Waals surface area contributed by atoms with Crippen LogP contribution in [-0.2, 0) is 25.5 Å². The Morgan fingerprint density at radius 2 is 1.91 bits per heavy atom. The zero-order valence-electron chi connectivity index (χ0n) is 12.4. The lowest BCUT2D eigenvalue weighted by Gasteiger charge is -2.29. The summed E-state index contributed by atoms with van der Waals surface area (Å²) in [4.78, 5) is 25.1. The summed E-state index contributed by atoms with van der Waals surface area (Å²) in [6.07, 6.45) is 3.59. The Labute approximate surface area is 133 Å². The largest absolute Gasteiger partial charge is 0.468 e. The van der Waals surface area contributed by atoms with Gasteiger partial charge in [0.15, 0.2) is 0 Å². The van der Waals surface area contributed by atoms with Crippen LogP contribution >= 0.6 is 11.8 Å². The van der Waals surface area contributed by atoms with Crippen molar-refractivity contribution in [2.75, 3.05) is 14.2 Å². The molecule has 22 heavy (non-hydrogen) atoms. The summed E-state index contributed by atoms with van der Waals surface area (Å²) in [5.74, 6) is -0.912. The summed E-state index contributed by atoms with van der Waals surface area (Å²) in [5.41, 5.74) is 3.86. The van der Waals surface area contributed by atoms with Crippen molar-refractivity contribution in [3.8, 4) is 0 Å². The maximum absolute atomic E-state index is 12.1. The fraction of sp³-hybridized carbons (Fsp3) is 0.294. The highest BCUT2D eigenvalue weighted by Crippen LogP contribution is 2.46. The number of esters is 2. The molecule has 0 aromatic heterocycles. The Bertz CT molecular complexity index is 702. The van der Waals surface area contributed by atoms with Gasteiger partial charge in [-0.05, 0) is 35.6 Å². The summed E-state index contributed by atoms with van der Waals surface area (Å²) < 4.78 is 9.66. The van der Waals surface area contributed by atoms with Gasteiger partial charge in [-0.2, -0.15) is 0 Å². The molecule has 0 saturated carbocycles. The summed E-state index contributed by atoms with van der Waals surface area (Å²) in [7, 11) is 2.65. The third kappa shape index (κ3) is 2.46. The second-order valence-electron chi connectivity index (χ2n) is 5.12. The first-order valence-electron chi connectivity index (χ1n) is 7.01. The topological polar surface area (TPSA) is 52.6 Å². The van der Waals surface area contributed by atoms with E-state index in [4.69, 9.17) is 9.47 Å². The van der Waals surface area contributed by atoms with E-state index in [0.29, 0.717) is 5.57 Å². The van der Waals surface area contributed by atoms with Gasteiger partial charge in [-0.15, -0.1) is 11.8 Å². The molecule has 4 nitrogen and oxygen atoms in total. The minimum absolute atomic E-state index is 0.359. The highest BCUT2D eigenvalue weighted by atomic mass is 32.2. The van der Waals surface area contributed by atoms with Crippen molar-refractivity contribution in [2.45, 2.75) is 18.1 Å². The molecule has 0 radical (unpaired) electrons. The van der Waals surface area contributed by atoms with Crippen molar-refractivity contribution in [1.29, 1.82) is 0 Å². The van der Waals surface area contributed by atoms with Gasteiger partial charge >= 0.3 is 11.9 Å². The SMILES string of the molecule is COC(=O)C1=CC2=C(SC1C(=O)OC)c1ccccc1CC2. The normalized spacial score (nSPS) is 19.7. The molecule has 1 aliphatic carbocycles. The standard InChI is InChI=1S/C17H16O4S/c1-20-16(18)13-9-11-8-7-10-5-3-4-6-12(10)14(11)22-15(13)17(19)21-2/h3-6,9,15H,7-8H2,1-2H3. The predicted molar refractivity (Wildman–Crippen MR) is 85.2 cm³/mol. The van der Waals surface area contributed by atoms with Crippen LogP contribution in [0.25, 0.3) is 4.91 Å². The highest BCUT2D eigenvalue weighted by Gasteiger charge is 2.36. The van der Waals surface area contributed by atoms with Crippen LogP contribution in [-0.4, -0.2) is 31.4 Å². The number of methoxy groups -OCH3 is 2. The maximum atomic E-state index is 12.1. The molecule has 0 N–H and O–H groups in total. The van der Waals surface area contributed by atoms with Crippen LogP contribution in [0.1, 0.15) is 17.5 Å². The number of hydrogen-bond donors (Lipinski definition) is 0. The lowest BCUT2D eigenvalue weighted by molar-refractivity contribution is -0.142. The van der Waals surface area contributed by atoms with Gasteiger partial charge in [-0.25, -0.2) is 4.79 Å². The lowest BCUT2D eigenvalue weighted by Crippen LogP contribution is -2.29. The van der Waals surface area contributed by atoms with Crippen molar-refractivity contribution < 1.29 is 19.1 Å². The van der Waals surface area contributed by atoms with Crippen molar-refractivity contribution in [3.63, 3.8) is 0 Å². The third-order valence-electron chi connectivity index (χ3n) is 3.90. The van der Waals surface area contributed by atoms with E-state index >= 15 is 0 Å². The first-order chi connectivity index (χ1) is 10.7. The fourth-order valence-corrected chi connectivity index (χ4v) is 4.16. The van der Waals surface area contributed by atoms with Gasteiger partial charge in [-0.3, -0.25) is 4.79 Å². The van der Waals surface area contributed by atoms with E-state index in [-0.39, 0.29) is 0 Å². The molecule has 114 valence electrons. The summed E-state index contributed by atoms with van der Waals surface area (Å²) in [5, 5.41) is -0.678. The molecular weight excluding hydrogens is 300 g/mol. The second-order valence-corrected chi connectivity index (χ2v) is 6.24. The monoisotopic (exact) mass is 316 g/mol. The molecule has 1 aliphatic heterocycles. The van der Waals surface area contributed by atoms with Gasteiger partial charge in [0.1, 0.15) is 5.25 Å².